The average Bonchev–Trinajstić information content (AvgIpc) is 3.34. The van der Waals surface area contributed by atoms with Gasteiger partial charge in [0.15, 0.2) is 0 Å². The van der Waals surface area contributed by atoms with Gasteiger partial charge in [-0.15, -0.1) is 5.10 Å². The van der Waals surface area contributed by atoms with Crippen LogP contribution < -0.4 is 5.32 Å². The van der Waals surface area contributed by atoms with E-state index >= 15 is 0 Å². The highest BCUT2D eigenvalue weighted by atomic mass is 35.5. The summed E-state index contributed by atoms with van der Waals surface area (Å²) in [6, 6.07) is 17.5. The fourth-order valence-electron chi connectivity index (χ4n) is 3.25. The highest BCUT2D eigenvalue weighted by Gasteiger charge is 2.10. The Hall–Kier alpha value is -3.78. The number of fused-ring (bicyclic) bond motifs is 1. The molecule has 3 heterocycles. The Morgan fingerprint density at radius 2 is 1.97 bits per heavy atom. The first kappa shape index (κ1) is 18.3. The largest absolute Gasteiger partial charge is 0.309 e. The van der Waals surface area contributed by atoms with E-state index in [1.54, 1.807) is 17.1 Å². The molecule has 1 N–H and O–H groups in total. The monoisotopic (exact) mass is 416 g/mol. The first-order valence-electron chi connectivity index (χ1n) is 9.32. The highest BCUT2D eigenvalue weighted by Crippen LogP contribution is 2.24. The molecule has 0 aliphatic heterocycles. The van der Waals surface area contributed by atoms with E-state index in [1.807, 2.05) is 66.3 Å². The van der Waals surface area contributed by atoms with Gasteiger partial charge in [-0.2, -0.15) is 5.10 Å². The summed E-state index contributed by atoms with van der Waals surface area (Å²) in [6.07, 6.45) is 3.44. The molecule has 0 aliphatic carbocycles. The summed E-state index contributed by atoms with van der Waals surface area (Å²) in [6.45, 7) is 0.600. The molecule has 0 radical (unpaired) electrons. The van der Waals surface area contributed by atoms with Crippen LogP contribution in [0.15, 0.2) is 67.0 Å². The van der Waals surface area contributed by atoms with E-state index in [1.165, 1.54) is 0 Å². The third-order valence-electron chi connectivity index (χ3n) is 4.75. The Kier molecular flexibility index (Phi) is 4.61. The maximum absolute atomic E-state index is 6.09. The molecule has 5 aromatic rings. The van der Waals surface area contributed by atoms with Crippen molar-refractivity contribution in [3.05, 3.63) is 77.6 Å². The minimum absolute atomic E-state index is 0.501. The third kappa shape index (κ3) is 3.60. The summed E-state index contributed by atoms with van der Waals surface area (Å²) < 4.78 is 3.58. The highest BCUT2D eigenvalue weighted by molar-refractivity contribution is 6.30. The molecule has 0 saturated carbocycles. The summed E-state index contributed by atoms with van der Waals surface area (Å²) in [7, 11) is 1.85. The molecule has 30 heavy (non-hydrogen) atoms. The zero-order valence-electron chi connectivity index (χ0n) is 16.1. The second-order valence-corrected chi connectivity index (χ2v) is 7.25. The number of aromatic nitrogens is 7. The summed E-state index contributed by atoms with van der Waals surface area (Å²) in [4.78, 5) is 8.91. The van der Waals surface area contributed by atoms with Crippen LogP contribution in [-0.4, -0.2) is 34.7 Å². The lowest BCUT2D eigenvalue weighted by molar-refractivity contribution is 0.670. The molecule has 0 aliphatic rings. The van der Waals surface area contributed by atoms with Gasteiger partial charge in [-0.25, -0.2) is 14.6 Å². The number of rotatable bonds is 5. The molecule has 8 nitrogen and oxygen atoms in total. The van der Waals surface area contributed by atoms with Crippen LogP contribution in [-0.2, 0) is 13.6 Å². The van der Waals surface area contributed by atoms with E-state index in [9.17, 15) is 0 Å². The van der Waals surface area contributed by atoms with E-state index in [4.69, 9.17) is 11.6 Å². The quantitative estimate of drug-likeness (QED) is 0.464. The smallest absolute Gasteiger partial charge is 0.228 e. The molecule has 5 rings (SSSR count). The van der Waals surface area contributed by atoms with Crippen molar-refractivity contribution in [1.82, 2.24) is 34.7 Å². The van der Waals surface area contributed by atoms with Crippen molar-refractivity contribution in [3.63, 3.8) is 0 Å². The van der Waals surface area contributed by atoms with Crippen molar-refractivity contribution >= 4 is 34.4 Å². The summed E-state index contributed by atoms with van der Waals surface area (Å²) in [5.74, 6) is 1.31. The van der Waals surface area contributed by atoms with E-state index in [0.29, 0.717) is 17.5 Å². The van der Waals surface area contributed by atoms with Gasteiger partial charge in [0, 0.05) is 29.9 Å². The van der Waals surface area contributed by atoms with Crippen molar-refractivity contribution in [1.29, 1.82) is 0 Å². The van der Waals surface area contributed by atoms with Gasteiger partial charge in [0.25, 0.3) is 0 Å². The summed E-state index contributed by atoms with van der Waals surface area (Å²) >= 11 is 6.09. The first-order chi connectivity index (χ1) is 14.7. The molecular weight excluding hydrogens is 400 g/mol. The maximum Gasteiger partial charge on any atom is 0.228 e. The Balaban J connectivity index is 1.43. The standard InChI is InChI=1S/C21H17ClN8/c1-29-20(8-10-24-29)26-21-23-9-7-17(25-21)15-5-6-19-18(12-15)27-28-30(19)13-14-3-2-4-16(22)11-14/h2-12H,13H2,1H3,(H,23,25,26). The predicted octanol–water partition coefficient (Wildman–Crippen LogP) is 4.07. The van der Waals surface area contributed by atoms with E-state index < -0.39 is 0 Å². The van der Waals surface area contributed by atoms with Gasteiger partial charge in [0.2, 0.25) is 5.95 Å². The number of anilines is 2. The predicted molar refractivity (Wildman–Crippen MR) is 116 cm³/mol. The van der Waals surface area contributed by atoms with Gasteiger partial charge in [0.05, 0.1) is 24.0 Å². The number of hydrogen-bond acceptors (Lipinski definition) is 6. The maximum atomic E-state index is 6.09. The van der Waals surface area contributed by atoms with Crippen molar-refractivity contribution in [2.45, 2.75) is 6.54 Å². The fourth-order valence-corrected chi connectivity index (χ4v) is 3.46. The minimum atomic E-state index is 0.501. The van der Waals surface area contributed by atoms with Gasteiger partial charge in [-0.3, -0.25) is 4.68 Å². The lowest BCUT2D eigenvalue weighted by atomic mass is 10.1. The molecule has 0 bridgehead atoms. The van der Waals surface area contributed by atoms with Crippen LogP contribution >= 0.6 is 11.6 Å². The minimum Gasteiger partial charge on any atom is -0.309 e. The van der Waals surface area contributed by atoms with Crippen LogP contribution in [0.1, 0.15) is 5.56 Å². The van der Waals surface area contributed by atoms with E-state index in [0.717, 1.165) is 33.7 Å². The number of hydrogen-bond donors (Lipinski definition) is 1. The lowest BCUT2D eigenvalue weighted by Crippen LogP contribution is -2.03. The Labute approximate surface area is 177 Å². The number of nitrogens with zero attached hydrogens (tertiary/aromatic N) is 7. The fraction of sp³-hybridized carbons (Fsp3) is 0.0952. The average molecular weight is 417 g/mol. The van der Waals surface area contributed by atoms with Crippen molar-refractivity contribution in [2.24, 2.45) is 7.05 Å². The zero-order chi connectivity index (χ0) is 20.5. The molecule has 2 aromatic carbocycles. The van der Waals surface area contributed by atoms with Crippen molar-refractivity contribution < 1.29 is 0 Å². The van der Waals surface area contributed by atoms with Crippen LogP contribution in [0.3, 0.4) is 0 Å². The zero-order valence-corrected chi connectivity index (χ0v) is 16.8. The van der Waals surface area contributed by atoms with Crippen LogP contribution in [0.5, 0.6) is 0 Å². The molecule has 0 fully saturated rings. The molecule has 0 atom stereocenters. The number of nitrogens with one attached hydrogen (secondary N) is 1. The van der Waals surface area contributed by atoms with Gasteiger partial charge in [0.1, 0.15) is 11.3 Å². The Bertz CT molecular complexity index is 1340. The molecule has 0 spiro atoms. The topological polar surface area (TPSA) is 86.3 Å². The second-order valence-electron chi connectivity index (χ2n) is 6.81. The van der Waals surface area contributed by atoms with Gasteiger partial charge in [-0.1, -0.05) is 35.0 Å². The van der Waals surface area contributed by atoms with Crippen LogP contribution in [0.2, 0.25) is 5.02 Å². The number of benzene rings is 2. The normalized spacial score (nSPS) is 11.1. The molecule has 9 heteroatoms. The van der Waals surface area contributed by atoms with Gasteiger partial charge in [-0.05, 0) is 35.9 Å². The molecular formula is C21H17ClN8. The first-order valence-corrected chi connectivity index (χ1v) is 9.70. The Morgan fingerprint density at radius 1 is 1.03 bits per heavy atom. The van der Waals surface area contributed by atoms with Crippen molar-refractivity contribution in [3.8, 4) is 11.3 Å². The number of halogens is 1. The SMILES string of the molecule is Cn1nccc1Nc1nccc(-c2ccc3c(c2)nnn3Cc2cccc(Cl)c2)n1. The summed E-state index contributed by atoms with van der Waals surface area (Å²) in [5, 5.41) is 16.6. The molecule has 0 unspecified atom stereocenters. The van der Waals surface area contributed by atoms with Gasteiger partial charge < -0.3 is 5.32 Å². The van der Waals surface area contributed by atoms with Gasteiger partial charge >= 0.3 is 0 Å². The molecule has 3 aromatic heterocycles. The van der Waals surface area contributed by atoms with Crippen LogP contribution in [0.25, 0.3) is 22.3 Å². The second kappa shape index (κ2) is 7.57. The molecule has 0 saturated heterocycles. The van der Waals surface area contributed by atoms with Crippen LogP contribution in [0.4, 0.5) is 11.8 Å². The number of aryl methyl sites for hydroxylation is 1. The van der Waals surface area contributed by atoms with E-state index in [2.05, 4.69) is 30.7 Å². The summed E-state index contributed by atoms with van der Waals surface area (Å²) in [5.41, 5.74) is 4.55. The molecule has 148 valence electrons. The Morgan fingerprint density at radius 3 is 2.80 bits per heavy atom. The van der Waals surface area contributed by atoms with Crippen molar-refractivity contribution in [2.75, 3.05) is 5.32 Å². The third-order valence-corrected chi connectivity index (χ3v) is 4.98. The van der Waals surface area contributed by atoms with E-state index in [-0.39, 0.29) is 0 Å². The van der Waals surface area contributed by atoms with Crippen LogP contribution in [0, 0.1) is 0 Å². The molecule has 0 amide bonds. The lowest BCUT2D eigenvalue weighted by Gasteiger charge is -2.07.